The predicted octanol–water partition coefficient (Wildman–Crippen LogP) is 2.12. The van der Waals surface area contributed by atoms with E-state index in [1.165, 1.54) is 20.3 Å². The third-order valence-corrected chi connectivity index (χ3v) is 2.45. The minimum atomic E-state index is -0.401. The van der Waals surface area contributed by atoms with Crippen LogP contribution in [0.2, 0.25) is 0 Å². The molecule has 0 aliphatic carbocycles. The lowest BCUT2D eigenvalue weighted by molar-refractivity contribution is 0.334. The smallest absolute Gasteiger partial charge is 0.197 e. The summed E-state index contributed by atoms with van der Waals surface area (Å²) >= 11 is 0. The summed E-state index contributed by atoms with van der Waals surface area (Å²) in [5, 5.41) is 0. The molecule has 0 spiro atoms. The third-order valence-electron chi connectivity index (χ3n) is 2.45. The molecule has 0 fully saturated rings. The van der Waals surface area contributed by atoms with Crippen molar-refractivity contribution >= 4 is 0 Å². The maximum Gasteiger partial charge on any atom is 0.197 e. The van der Waals surface area contributed by atoms with Crippen molar-refractivity contribution in [3.63, 3.8) is 0 Å². The molecule has 0 unspecified atom stereocenters. The number of ether oxygens (including phenoxy) is 2. The van der Waals surface area contributed by atoms with Crippen LogP contribution in [0.5, 0.6) is 11.5 Å². The van der Waals surface area contributed by atoms with Crippen molar-refractivity contribution in [1.82, 2.24) is 0 Å². The van der Waals surface area contributed by atoms with Crippen molar-refractivity contribution in [2.45, 2.75) is 19.3 Å². The Morgan fingerprint density at radius 3 is 2.38 bits per heavy atom. The van der Waals surface area contributed by atoms with Gasteiger partial charge in [0.25, 0.3) is 0 Å². The van der Waals surface area contributed by atoms with Crippen LogP contribution in [-0.4, -0.2) is 20.8 Å². The van der Waals surface area contributed by atoms with Crippen molar-refractivity contribution in [1.29, 1.82) is 0 Å². The van der Waals surface area contributed by atoms with Gasteiger partial charge in [-0.1, -0.05) is 6.07 Å². The van der Waals surface area contributed by atoms with E-state index in [0.717, 1.165) is 24.8 Å². The summed E-state index contributed by atoms with van der Waals surface area (Å²) in [7, 11) is 2.95. The molecule has 0 saturated heterocycles. The van der Waals surface area contributed by atoms with Gasteiger partial charge >= 0.3 is 0 Å². The highest BCUT2D eigenvalue weighted by molar-refractivity contribution is 5.47. The van der Waals surface area contributed by atoms with Crippen molar-refractivity contribution in [2.24, 2.45) is 5.73 Å². The average molecular weight is 227 g/mol. The first-order valence-corrected chi connectivity index (χ1v) is 5.34. The topological polar surface area (TPSA) is 44.5 Å². The van der Waals surface area contributed by atoms with Gasteiger partial charge in [0.2, 0.25) is 0 Å². The number of benzene rings is 1. The Balaban J connectivity index is 2.91. The summed E-state index contributed by atoms with van der Waals surface area (Å²) in [6, 6.07) is 3.13. The summed E-state index contributed by atoms with van der Waals surface area (Å²) in [6.45, 7) is 0.667. The second-order valence-corrected chi connectivity index (χ2v) is 3.52. The molecule has 0 saturated carbocycles. The normalized spacial score (nSPS) is 10.2. The fourth-order valence-corrected chi connectivity index (χ4v) is 1.65. The first-order chi connectivity index (χ1) is 7.74. The maximum absolute atomic E-state index is 13.4. The molecule has 0 aliphatic rings. The second-order valence-electron chi connectivity index (χ2n) is 3.52. The quantitative estimate of drug-likeness (QED) is 0.757. The molecule has 0 atom stereocenters. The number of halogens is 1. The summed E-state index contributed by atoms with van der Waals surface area (Å²) in [4.78, 5) is 0. The zero-order valence-corrected chi connectivity index (χ0v) is 9.75. The Morgan fingerprint density at radius 1 is 1.12 bits per heavy atom. The number of hydrogen-bond acceptors (Lipinski definition) is 3. The van der Waals surface area contributed by atoms with Gasteiger partial charge in [0.1, 0.15) is 0 Å². The lowest BCUT2D eigenvalue weighted by Crippen LogP contribution is -2.01. The zero-order valence-electron chi connectivity index (χ0n) is 9.75. The van der Waals surface area contributed by atoms with E-state index in [0.29, 0.717) is 12.3 Å². The summed E-state index contributed by atoms with van der Waals surface area (Å²) < 4.78 is 23.6. The molecule has 0 amide bonds. The summed E-state index contributed by atoms with van der Waals surface area (Å²) in [5.74, 6) is 0.259. The van der Waals surface area contributed by atoms with Crippen LogP contribution in [0.15, 0.2) is 12.1 Å². The lowest BCUT2D eigenvalue weighted by Gasteiger charge is -2.13. The van der Waals surface area contributed by atoms with E-state index in [-0.39, 0.29) is 5.75 Å². The van der Waals surface area contributed by atoms with Crippen molar-refractivity contribution in [2.75, 3.05) is 20.8 Å². The fourth-order valence-electron chi connectivity index (χ4n) is 1.65. The van der Waals surface area contributed by atoms with E-state index < -0.39 is 5.82 Å². The number of nitrogens with two attached hydrogens (primary N) is 1. The molecule has 2 N–H and O–H groups in total. The summed E-state index contributed by atoms with van der Waals surface area (Å²) in [5.41, 5.74) is 6.38. The Bertz CT molecular complexity index is 342. The molecule has 0 bridgehead atoms. The van der Waals surface area contributed by atoms with Gasteiger partial charge in [-0.3, -0.25) is 0 Å². The van der Waals surface area contributed by atoms with E-state index in [1.807, 2.05) is 0 Å². The number of rotatable bonds is 6. The lowest BCUT2D eigenvalue weighted by atomic mass is 10.1. The minimum absolute atomic E-state index is 0.174. The van der Waals surface area contributed by atoms with Gasteiger partial charge in [-0.05, 0) is 37.4 Å². The Hall–Kier alpha value is -1.29. The van der Waals surface area contributed by atoms with Crippen LogP contribution in [0.4, 0.5) is 4.39 Å². The average Bonchev–Trinajstić information content (AvgIpc) is 2.30. The van der Waals surface area contributed by atoms with Crippen LogP contribution in [0, 0.1) is 5.82 Å². The zero-order chi connectivity index (χ0) is 12.0. The van der Waals surface area contributed by atoms with Crippen LogP contribution in [0.25, 0.3) is 0 Å². The first kappa shape index (κ1) is 12.8. The molecule has 90 valence electrons. The molecular formula is C12H18FNO2. The van der Waals surface area contributed by atoms with Crippen LogP contribution < -0.4 is 15.2 Å². The molecule has 0 aromatic heterocycles. The van der Waals surface area contributed by atoms with E-state index in [1.54, 1.807) is 6.07 Å². The van der Waals surface area contributed by atoms with Gasteiger partial charge in [0.15, 0.2) is 17.3 Å². The summed E-state index contributed by atoms with van der Waals surface area (Å²) in [6.07, 6.45) is 2.72. The first-order valence-electron chi connectivity index (χ1n) is 5.34. The molecule has 0 aliphatic heterocycles. The van der Waals surface area contributed by atoms with E-state index in [4.69, 9.17) is 15.2 Å². The largest absolute Gasteiger partial charge is 0.492 e. The Kier molecular flexibility index (Phi) is 5.05. The van der Waals surface area contributed by atoms with Gasteiger partial charge in [-0.15, -0.1) is 0 Å². The van der Waals surface area contributed by atoms with Crippen LogP contribution in [-0.2, 0) is 6.42 Å². The van der Waals surface area contributed by atoms with Gasteiger partial charge in [-0.2, -0.15) is 0 Å². The molecular weight excluding hydrogens is 209 g/mol. The number of aryl methyl sites for hydroxylation is 1. The van der Waals surface area contributed by atoms with Crippen LogP contribution >= 0.6 is 0 Å². The van der Waals surface area contributed by atoms with Gasteiger partial charge in [-0.25, -0.2) is 4.39 Å². The van der Waals surface area contributed by atoms with Gasteiger partial charge in [0, 0.05) is 0 Å². The van der Waals surface area contributed by atoms with Gasteiger partial charge in [0.05, 0.1) is 14.2 Å². The molecule has 0 radical (unpaired) electrons. The van der Waals surface area contributed by atoms with E-state index >= 15 is 0 Å². The Labute approximate surface area is 95.4 Å². The Morgan fingerprint density at radius 2 is 1.81 bits per heavy atom. The molecule has 16 heavy (non-hydrogen) atoms. The number of methoxy groups -OCH3 is 2. The minimum Gasteiger partial charge on any atom is -0.492 e. The third kappa shape index (κ3) is 2.85. The van der Waals surface area contributed by atoms with Crippen molar-refractivity contribution in [3.8, 4) is 11.5 Å². The SMILES string of the molecule is COc1c(F)ccc(CCCCN)c1OC. The molecule has 3 nitrogen and oxygen atoms in total. The van der Waals surface area contributed by atoms with E-state index in [2.05, 4.69) is 0 Å². The predicted molar refractivity (Wildman–Crippen MR) is 61.5 cm³/mol. The van der Waals surface area contributed by atoms with Crippen molar-refractivity contribution < 1.29 is 13.9 Å². The van der Waals surface area contributed by atoms with Crippen LogP contribution in [0.1, 0.15) is 18.4 Å². The van der Waals surface area contributed by atoms with E-state index in [9.17, 15) is 4.39 Å². The highest BCUT2D eigenvalue weighted by atomic mass is 19.1. The highest BCUT2D eigenvalue weighted by Gasteiger charge is 2.14. The molecule has 0 heterocycles. The second kappa shape index (κ2) is 6.33. The molecule has 1 rings (SSSR count). The van der Waals surface area contributed by atoms with Gasteiger partial charge < -0.3 is 15.2 Å². The highest BCUT2D eigenvalue weighted by Crippen LogP contribution is 2.34. The molecule has 1 aromatic rings. The number of unbranched alkanes of at least 4 members (excludes halogenated alkanes) is 1. The maximum atomic E-state index is 13.4. The monoisotopic (exact) mass is 227 g/mol. The van der Waals surface area contributed by atoms with Crippen LogP contribution in [0.3, 0.4) is 0 Å². The molecule has 4 heteroatoms. The number of hydrogen-bond donors (Lipinski definition) is 1. The fraction of sp³-hybridized carbons (Fsp3) is 0.500. The molecule has 1 aromatic carbocycles. The van der Waals surface area contributed by atoms with Crippen molar-refractivity contribution in [3.05, 3.63) is 23.5 Å². The standard InChI is InChI=1S/C12H18FNO2/c1-15-11-9(5-3-4-8-14)6-7-10(13)12(11)16-2/h6-7H,3-5,8,14H2,1-2H3.